The standard InChI is InChI=1S/C18H33N.CH4O3S/c1-3-5-7-8-9-10-11-12-15-19-16-14-18(17-19)13-6-4-2;1-5(2,3)4/h14,16-17H,3-13,15H2,1-2H3;1H3,(H,2,3,4). The SMILES string of the molecule is CCCCCCCCCC[NH+]1C=CC(CCCC)=C1.CS(=O)(=O)[O-]. The molecule has 4 nitrogen and oxygen atoms in total. The van der Waals surface area contributed by atoms with Gasteiger partial charge >= 0.3 is 0 Å². The molecular weight excluding hydrogens is 322 g/mol. The minimum absolute atomic E-state index is 0.604. The Morgan fingerprint density at radius 2 is 1.42 bits per heavy atom. The first-order chi connectivity index (χ1) is 11.4. The Bertz CT molecular complexity index is 447. The minimum atomic E-state index is -3.92. The lowest BCUT2D eigenvalue weighted by Gasteiger charge is -2.06. The first-order valence-corrected chi connectivity index (χ1v) is 11.3. The monoisotopic (exact) mass is 359 g/mol. The van der Waals surface area contributed by atoms with Crippen molar-refractivity contribution in [2.24, 2.45) is 0 Å². The molecule has 0 amide bonds. The highest BCUT2D eigenvalue weighted by Gasteiger charge is 2.09. The summed E-state index contributed by atoms with van der Waals surface area (Å²) in [6.07, 6.45) is 23.0. The van der Waals surface area contributed by atoms with Gasteiger partial charge in [-0.1, -0.05) is 58.8 Å². The Labute approximate surface area is 149 Å². The van der Waals surface area contributed by atoms with Crippen LogP contribution in [0.5, 0.6) is 0 Å². The molecule has 0 aliphatic carbocycles. The first-order valence-electron chi connectivity index (χ1n) is 9.52. The van der Waals surface area contributed by atoms with Gasteiger partial charge in [-0.25, -0.2) is 8.42 Å². The Morgan fingerprint density at radius 1 is 0.917 bits per heavy atom. The predicted molar refractivity (Wildman–Crippen MR) is 101 cm³/mol. The van der Waals surface area contributed by atoms with Gasteiger partial charge in [0.25, 0.3) is 0 Å². The van der Waals surface area contributed by atoms with Crippen molar-refractivity contribution in [2.75, 3.05) is 12.8 Å². The highest BCUT2D eigenvalue weighted by molar-refractivity contribution is 7.84. The molecule has 0 spiro atoms. The topological polar surface area (TPSA) is 61.6 Å². The van der Waals surface area contributed by atoms with Crippen molar-refractivity contribution in [3.05, 3.63) is 24.0 Å². The summed E-state index contributed by atoms with van der Waals surface area (Å²) in [6.45, 7) is 5.85. The van der Waals surface area contributed by atoms with Crippen LogP contribution in [0.1, 0.15) is 84.5 Å². The van der Waals surface area contributed by atoms with Crippen LogP contribution in [0.3, 0.4) is 0 Å². The zero-order valence-electron chi connectivity index (χ0n) is 15.9. The quantitative estimate of drug-likeness (QED) is 0.426. The number of quaternary nitrogens is 1. The summed E-state index contributed by atoms with van der Waals surface area (Å²) >= 11 is 0. The summed E-state index contributed by atoms with van der Waals surface area (Å²) in [7, 11) is -3.92. The van der Waals surface area contributed by atoms with Crippen LogP contribution in [-0.4, -0.2) is 25.8 Å². The van der Waals surface area contributed by atoms with E-state index in [-0.39, 0.29) is 0 Å². The smallest absolute Gasteiger partial charge is 0.102 e. The van der Waals surface area contributed by atoms with Crippen LogP contribution >= 0.6 is 0 Å². The zero-order chi connectivity index (χ0) is 18.3. The van der Waals surface area contributed by atoms with Gasteiger partial charge in [-0.15, -0.1) is 0 Å². The van der Waals surface area contributed by atoms with Crippen LogP contribution in [0, 0.1) is 0 Å². The second-order valence-corrected chi connectivity index (χ2v) is 8.07. The molecule has 0 saturated carbocycles. The molecule has 0 saturated heterocycles. The molecule has 142 valence electrons. The molecule has 0 fully saturated rings. The van der Waals surface area contributed by atoms with E-state index in [4.69, 9.17) is 13.0 Å². The fourth-order valence-electron chi connectivity index (χ4n) is 2.70. The highest BCUT2D eigenvalue weighted by Crippen LogP contribution is 2.10. The molecule has 1 rings (SSSR count). The first kappa shape index (κ1) is 23.4. The molecule has 0 bridgehead atoms. The molecule has 1 heterocycles. The van der Waals surface area contributed by atoms with Crippen LogP contribution in [-0.2, 0) is 10.1 Å². The number of hydrogen-bond donors (Lipinski definition) is 1. The zero-order valence-corrected chi connectivity index (χ0v) is 16.7. The van der Waals surface area contributed by atoms with Crippen LogP contribution in [0.2, 0.25) is 0 Å². The van der Waals surface area contributed by atoms with E-state index in [9.17, 15) is 0 Å². The van der Waals surface area contributed by atoms with Crippen molar-refractivity contribution in [1.29, 1.82) is 0 Å². The predicted octanol–water partition coefficient (Wildman–Crippen LogP) is 3.77. The van der Waals surface area contributed by atoms with Crippen LogP contribution in [0.4, 0.5) is 0 Å². The molecule has 1 unspecified atom stereocenters. The molecule has 0 aromatic heterocycles. The van der Waals surface area contributed by atoms with Gasteiger partial charge in [0.1, 0.15) is 6.20 Å². The highest BCUT2D eigenvalue weighted by atomic mass is 32.2. The van der Waals surface area contributed by atoms with Gasteiger partial charge < -0.3 is 4.55 Å². The van der Waals surface area contributed by atoms with E-state index in [0.29, 0.717) is 6.26 Å². The number of unbranched alkanes of at least 4 members (excludes halogenated alkanes) is 8. The molecule has 1 atom stereocenters. The van der Waals surface area contributed by atoms with Crippen LogP contribution in [0.25, 0.3) is 0 Å². The van der Waals surface area contributed by atoms with Crippen LogP contribution in [0.15, 0.2) is 24.0 Å². The number of hydrogen-bond acceptors (Lipinski definition) is 3. The van der Waals surface area contributed by atoms with E-state index in [1.165, 1.54) is 77.2 Å². The fourth-order valence-corrected chi connectivity index (χ4v) is 2.70. The van der Waals surface area contributed by atoms with Crippen molar-refractivity contribution in [1.82, 2.24) is 0 Å². The summed E-state index contributed by atoms with van der Waals surface area (Å²) in [5.74, 6) is 0. The molecular formula is C19H37NO3S. The van der Waals surface area contributed by atoms with Crippen molar-refractivity contribution in [3.63, 3.8) is 0 Å². The third-order valence-electron chi connectivity index (χ3n) is 4.02. The summed E-state index contributed by atoms with van der Waals surface area (Å²) in [5.41, 5.74) is 1.55. The molecule has 1 aliphatic heterocycles. The van der Waals surface area contributed by atoms with E-state index in [1.54, 1.807) is 10.5 Å². The second kappa shape index (κ2) is 14.7. The third kappa shape index (κ3) is 17.7. The van der Waals surface area contributed by atoms with E-state index in [1.807, 2.05) is 0 Å². The molecule has 1 N–H and O–H groups in total. The van der Waals surface area contributed by atoms with E-state index in [0.717, 1.165) is 0 Å². The Balaban J connectivity index is 0.000000922. The van der Waals surface area contributed by atoms with Crippen molar-refractivity contribution < 1.29 is 17.9 Å². The lowest BCUT2D eigenvalue weighted by Crippen LogP contribution is -3.01. The Morgan fingerprint density at radius 3 is 1.96 bits per heavy atom. The normalized spacial score (nSPS) is 16.7. The Kier molecular flexibility index (Phi) is 14.3. The average molecular weight is 360 g/mol. The van der Waals surface area contributed by atoms with Crippen molar-refractivity contribution >= 4 is 10.1 Å². The second-order valence-electron chi connectivity index (χ2n) is 6.66. The van der Waals surface area contributed by atoms with Gasteiger partial charge in [0.05, 0.1) is 22.9 Å². The number of rotatable bonds is 12. The molecule has 0 aromatic carbocycles. The average Bonchev–Trinajstić information content (AvgIpc) is 2.94. The lowest BCUT2D eigenvalue weighted by atomic mass is 10.1. The molecule has 1 aliphatic rings. The maximum absolute atomic E-state index is 9.08. The fraction of sp³-hybridized carbons (Fsp3) is 0.789. The summed E-state index contributed by atoms with van der Waals surface area (Å²) in [5, 5.41) is 0. The minimum Gasteiger partial charge on any atom is -0.748 e. The van der Waals surface area contributed by atoms with Gasteiger partial charge in [0.15, 0.2) is 0 Å². The van der Waals surface area contributed by atoms with Gasteiger partial charge in [-0.2, -0.15) is 0 Å². The Hall–Kier alpha value is -0.650. The van der Waals surface area contributed by atoms with Gasteiger partial charge in [0.2, 0.25) is 0 Å². The molecule has 24 heavy (non-hydrogen) atoms. The van der Waals surface area contributed by atoms with Gasteiger partial charge in [-0.3, -0.25) is 4.90 Å². The van der Waals surface area contributed by atoms with E-state index in [2.05, 4.69) is 32.3 Å². The summed E-state index contributed by atoms with van der Waals surface area (Å²) < 4.78 is 27.2. The maximum atomic E-state index is 9.08. The van der Waals surface area contributed by atoms with E-state index >= 15 is 0 Å². The number of nitrogens with one attached hydrogen (secondary N) is 1. The maximum Gasteiger partial charge on any atom is 0.102 e. The molecule has 0 radical (unpaired) electrons. The molecule has 0 aromatic rings. The van der Waals surface area contributed by atoms with E-state index < -0.39 is 10.1 Å². The van der Waals surface area contributed by atoms with Gasteiger partial charge in [-0.05, 0) is 25.7 Å². The van der Waals surface area contributed by atoms with Gasteiger partial charge in [0, 0.05) is 17.9 Å². The summed E-state index contributed by atoms with van der Waals surface area (Å²) in [6, 6.07) is 0. The largest absolute Gasteiger partial charge is 0.748 e. The number of allylic oxidation sites excluding steroid dienone is 2. The van der Waals surface area contributed by atoms with Crippen LogP contribution < -0.4 is 4.90 Å². The third-order valence-corrected chi connectivity index (χ3v) is 4.02. The molecule has 5 heteroatoms. The van der Waals surface area contributed by atoms with Crippen molar-refractivity contribution in [3.8, 4) is 0 Å². The van der Waals surface area contributed by atoms with Crippen molar-refractivity contribution in [2.45, 2.75) is 84.5 Å². The lowest BCUT2D eigenvalue weighted by molar-refractivity contribution is -0.788. The summed E-state index contributed by atoms with van der Waals surface area (Å²) in [4.78, 5) is 1.57.